The smallest absolute Gasteiger partial charge is 0.256 e. The molecule has 198 valence electrons. The molecule has 1 unspecified atom stereocenters. The number of benzene rings is 2. The lowest BCUT2D eigenvalue weighted by Gasteiger charge is -2.24. The molecule has 8 nitrogen and oxygen atoms in total. The largest absolute Gasteiger partial charge is 0.497 e. The van der Waals surface area contributed by atoms with Gasteiger partial charge in [-0.05, 0) is 85.6 Å². The zero-order valence-corrected chi connectivity index (χ0v) is 22.0. The summed E-state index contributed by atoms with van der Waals surface area (Å²) in [4.78, 5) is 33.7. The van der Waals surface area contributed by atoms with Gasteiger partial charge < -0.3 is 19.7 Å². The Kier molecular flexibility index (Phi) is 8.85. The van der Waals surface area contributed by atoms with Crippen LogP contribution >= 0.6 is 12.2 Å². The van der Waals surface area contributed by atoms with Crippen LogP contribution in [0.25, 0.3) is 0 Å². The standard InChI is InChI=1S/C28H29FN4O4S/c1-36-22-12-6-19(7-13-22)5-3-4-16-32-24(17-26(34)31-25-15-14-23(37-2)18-30-25)27(35)33(28(32)38)21-10-8-20(29)9-11-21/h6-15,18,24H,3-5,16-17H2,1-2H3,(H,30,31,34). The van der Waals surface area contributed by atoms with E-state index in [2.05, 4.69) is 10.3 Å². The number of anilines is 2. The van der Waals surface area contributed by atoms with Gasteiger partial charge in [0, 0.05) is 6.54 Å². The fourth-order valence-electron chi connectivity index (χ4n) is 4.26. The maximum Gasteiger partial charge on any atom is 0.256 e. The number of halogens is 1. The molecule has 2 amide bonds. The van der Waals surface area contributed by atoms with Crippen molar-refractivity contribution in [2.75, 3.05) is 31.0 Å². The summed E-state index contributed by atoms with van der Waals surface area (Å²) in [5.41, 5.74) is 1.64. The molecular formula is C28H29FN4O4S. The van der Waals surface area contributed by atoms with Crippen LogP contribution in [0.1, 0.15) is 24.8 Å². The van der Waals surface area contributed by atoms with Crippen LogP contribution in [0.3, 0.4) is 0 Å². The molecule has 0 aliphatic carbocycles. The van der Waals surface area contributed by atoms with Gasteiger partial charge in [0.1, 0.15) is 29.2 Å². The number of unbranched alkanes of at least 4 members (excludes halogenated alkanes) is 1. The number of aryl methyl sites for hydroxylation is 1. The van der Waals surface area contributed by atoms with Crippen LogP contribution in [0.5, 0.6) is 11.5 Å². The molecule has 0 bridgehead atoms. The van der Waals surface area contributed by atoms with Crippen molar-refractivity contribution in [2.24, 2.45) is 0 Å². The topological polar surface area (TPSA) is 84.0 Å². The van der Waals surface area contributed by atoms with Gasteiger partial charge in [0.15, 0.2) is 5.11 Å². The minimum atomic E-state index is -0.785. The maximum absolute atomic E-state index is 13.5. The molecule has 10 heteroatoms. The molecule has 0 saturated carbocycles. The molecule has 1 atom stereocenters. The number of hydrogen-bond donors (Lipinski definition) is 1. The fourth-order valence-corrected chi connectivity index (χ4v) is 4.68. The molecule has 1 aromatic heterocycles. The molecule has 1 N–H and O–H groups in total. The van der Waals surface area contributed by atoms with Gasteiger partial charge in [-0.25, -0.2) is 9.37 Å². The second-order valence-corrected chi connectivity index (χ2v) is 9.15. The van der Waals surface area contributed by atoms with Gasteiger partial charge in [0.25, 0.3) is 5.91 Å². The van der Waals surface area contributed by atoms with Crippen molar-refractivity contribution in [3.05, 3.63) is 78.2 Å². The molecule has 1 fully saturated rings. The average Bonchev–Trinajstić information content (AvgIpc) is 3.16. The maximum atomic E-state index is 13.5. The van der Waals surface area contributed by atoms with Gasteiger partial charge in [0.05, 0.1) is 32.5 Å². The number of carbonyl (C=O) groups is 2. The molecule has 38 heavy (non-hydrogen) atoms. The predicted octanol–water partition coefficient (Wildman–Crippen LogP) is 4.59. The number of hydrogen-bond acceptors (Lipinski definition) is 6. The van der Waals surface area contributed by atoms with E-state index in [1.807, 2.05) is 24.3 Å². The van der Waals surface area contributed by atoms with Crippen molar-refractivity contribution in [1.82, 2.24) is 9.88 Å². The monoisotopic (exact) mass is 536 g/mol. The number of nitrogens with zero attached hydrogens (tertiary/aromatic N) is 3. The zero-order chi connectivity index (χ0) is 27.1. The summed E-state index contributed by atoms with van der Waals surface area (Å²) in [5.74, 6) is 0.620. The summed E-state index contributed by atoms with van der Waals surface area (Å²) >= 11 is 5.68. The van der Waals surface area contributed by atoms with Crippen molar-refractivity contribution < 1.29 is 23.5 Å². The van der Waals surface area contributed by atoms with E-state index in [-0.39, 0.29) is 18.2 Å². The normalized spacial score (nSPS) is 15.1. The second-order valence-electron chi connectivity index (χ2n) is 8.78. The molecule has 2 aromatic carbocycles. The zero-order valence-electron chi connectivity index (χ0n) is 21.2. The van der Waals surface area contributed by atoms with E-state index in [0.29, 0.717) is 28.9 Å². The molecule has 0 radical (unpaired) electrons. The third kappa shape index (κ3) is 6.44. The summed E-state index contributed by atoms with van der Waals surface area (Å²) in [7, 11) is 3.16. The van der Waals surface area contributed by atoms with Crippen LogP contribution in [0.15, 0.2) is 66.9 Å². The van der Waals surface area contributed by atoms with Gasteiger partial charge >= 0.3 is 0 Å². The van der Waals surface area contributed by atoms with Crippen LogP contribution < -0.4 is 19.7 Å². The van der Waals surface area contributed by atoms with Crippen molar-refractivity contribution >= 4 is 40.6 Å². The molecule has 3 aromatic rings. The molecule has 0 spiro atoms. The van der Waals surface area contributed by atoms with Gasteiger partial charge in [0.2, 0.25) is 5.91 Å². The average molecular weight is 537 g/mol. The van der Waals surface area contributed by atoms with Crippen LogP contribution in [-0.4, -0.2) is 53.6 Å². The Hall–Kier alpha value is -4.05. The number of pyridine rings is 1. The van der Waals surface area contributed by atoms with E-state index in [4.69, 9.17) is 21.7 Å². The van der Waals surface area contributed by atoms with E-state index in [0.717, 1.165) is 25.0 Å². The minimum Gasteiger partial charge on any atom is -0.497 e. The Balaban J connectivity index is 1.44. The van der Waals surface area contributed by atoms with E-state index in [1.165, 1.54) is 48.0 Å². The van der Waals surface area contributed by atoms with Crippen LogP contribution in [-0.2, 0) is 16.0 Å². The first-order valence-electron chi connectivity index (χ1n) is 12.2. The summed E-state index contributed by atoms with van der Waals surface area (Å²) in [6, 6.07) is 16.0. The number of ether oxygens (including phenoxy) is 2. The summed E-state index contributed by atoms with van der Waals surface area (Å²) in [6.45, 7) is 0.497. The van der Waals surface area contributed by atoms with E-state index >= 15 is 0 Å². The highest BCUT2D eigenvalue weighted by Crippen LogP contribution is 2.28. The van der Waals surface area contributed by atoms with Gasteiger partial charge in [-0.3, -0.25) is 14.5 Å². The molecule has 1 saturated heterocycles. The Morgan fingerprint density at radius 2 is 1.68 bits per heavy atom. The minimum absolute atomic E-state index is 0.108. The number of amides is 2. The van der Waals surface area contributed by atoms with Crippen LogP contribution in [0, 0.1) is 5.82 Å². The van der Waals surface area contributed by atoms with Crippen molar-refractivity contribution in [3.8, 4) is 11.5 Å². The van der Waals surface area contributed by atoms with Gasteiger partial charge in [-0.2, -0.15) is 0 Å². The van der Waals surface area contributed by atoms with E-state index in [9.17, 15) is 14.0 Å². The van der Waals surface area contributed by atoms with Gasteiger partial charge in [-0.1, -0.05) is 12.1 Å². The van der Waals surface area contributed by atoms with Crippen LogP contribution in [0.2, 0.25) is 0 Å². The van der Waals surface area contributed by atoms with Crippen molar-refractivity contribution in [1.29, 1.82) is 0 Å². The van der Waals surface area contributed by atoms with Crippen LogP contribution in [0.4, 0.5) is 15.9 Å². The van der Waals surface area contributed by atoms with Crippen molar-refractivity contribution in [3.63, 3.8) is 0 Å². The Bertz CT molecular complexity index is 1270. The fraction of sp³-hybridized carbons (Fsp3) is 0.286. The third-order valence-electron chi connectivity index (χ3n) is 6.30. The molecule has 1 aliphatic rings. The Morgan fingerprint density at radius 3 is 2.32 bits per heavy atom. The summed E-state index contributed by atoms with van der Waals surface area (Å²) in [6.07, 6.45) is 3.87. The molecule has 2 heterocycles. The third-order valence-corrected chi connectivity index (χ3v) is 6.71. The lowest BCUT2D eigenvalue weighted by atomic mass is 10.1. The van der Waals surface area contributed by atoms with Gasteiger partial charge in [-0.15, -0.1) is 0 Å². The van der Waals surface area contributed by atoms with E-state index < -0.39 is 11.9 Å². The first kappa shape index (κ1) is 27.0. The lowest BCUT2D eigenvalue weighted by molar-refractivity contribution is -0.124. The number of methoxy groups -OCH3 is 2. The molecular weight excluding hydrogens is 507 g/mol. The van der Waals surface area contributed by atoms with E-state index in [1.54, 1.807) is 24.1 Å². The highest BCUT2D eigenvalue weighted by molar-refractivity contribution is 7.80. The molecule has 1 aliphatic heterocycles. The van der Waals surface area contributed by atoms with Crippen molar-refractivity contribution in [2.45, 2.75) is 31.7 Å². The molecule has 4 rings (SSSR count). The number of rotatable bonds is 11. The Labute approximate surface area is 226 Å². The summed E-state index contributed by atoms with van der Waals surface area (Å²) in [5, 5.41) is 3.03. The first-order chi connectivity index (χ1) is 18.4. The second kappa shape index (κ2) is 12.5. The number of carbonyl (C=O) groups excluding carboxylic acids is 2. The highest BCUT2D eigenvalue weighted by atomic mass is 32.1. The number of nitrogens with one attached hydrogen (secondary N) is 1. The SMILES string of the molecule is COc1ccc(CCCCN2C(=S)N(c3ccc(F)cc3)C(=O)C2CC(=O)Nc2ccc(OC)cn2)cc1. The Morgan fingerprint density at radius 1 is 1.00 bits per heavy atom. The summed E-state index contributed by atoms with van der Waals surface area (Å²) < 4.78 is 23.8. The highest BCUT2D eigenvalue weighted by Gasteiger charge is 2.43. The first-order valence-corrected chi connectivity index (χ1v) is 12.6. The lowest BCUT2D eigenvalue weighted by Crippen LogP contribution is -2.38. The number of thiocarbonyl (C=S) groups is 1. The quantitative estimate of drug-likeness (QED) is 0.283. The number of aromatic nitrogens is 1. The predicted molar refractivity (Wildman–Crippen MR) is 147 cm³/mol.